The summed E-state index contributed by atoms with van der Waals surface area (Å²) in [5, 5.41) is 22.8. The number of nitrogens with zero attached hydrogens (tertiary/aromatic N) is 1. The number of carbonyl (C=O) groups is 2. The highest BCUT2D eigenvalue weighted by Crippen LogP contribution is 2.23. The number of carbonyl (C=O) groups excluding carboxylic acids is 1. The van der Waals surface area contributed by atoms with Gasteiger partial charge in [-0.3, -0.25) is 14.9 Å². The van der Waals surface area contributed by atoms with Crippen LogP contribution in [0.2, 0.25) is 0 Å². The number of nitro groups is 1. The quantitative estimate of drug-likeness (QED) is 0.360. The first-order chi connectivity index (χ1) is 11.8. The van der Waals surface area contributed by atoms with E-state index < -0.39 is 16.7 Å². The molecule has 2 N–H and O–H groups in total. The van der Waals surface area contributed by atoms with Gasteiger partial charge in [0.2, 0.25) is 0 Å². The van der Waals surface area contributed by atoms with Crippen molar-refractivity contribution in [3.8, 4) is 0 Å². The highest BCUT2D eigenvalue weighted by atomic mass is 16.6. The lowest BCUT2D eigenvalue weighted by Crippen LogP contribution is -2.13. The Bertz CT molecular complexity index is 870. The van der Waals surface area contributed by atoms with Crippen LogP contribution in [0.25, 0.3) is 0 Å². The molecule has 0 spiro atoms. The Hall–Kier alpha value is -3.48. The number of hydrogen-bond donors (Lipinski definition) is 2. The van der Waals surface area contributed by atoms with E-state index in [9.17, 15) is 24.8 Å². The maximum absolute atomic E-state index is 12.2. The van der Waals surface area contributed by atoms with Crippen molar-refractivity contribution in [1.29, 1.82) is 0 Å². The molecular formula is C18H16N2O5. The third-order valence-corrected chi connectivity index (χ3v) is 3.54. The first kappa shape index (κ1) is 17.9. The van der Waals surface area contributed by atoms with Crippen LogP contribution in [-0.2, 0) is 4.79 Å². The van der Waals surface area contributed by atoms with Crippen molar-refractivity contribution in [1.82, 2.24) is 0 Å². The highest BCUT2D eigenvalue weighted by Gasteiger charge is 2.15. The number of benzene rings is 2. The molecule has 0 aliphatic heterocycles. The van der Waals surface area contributed by atoms with Crippen molar-refractivity contribution in [2.24, 2.45) is 0 Å². The summed E-state index contributed by atoms with van der Waals surface area (Å²) in [4.78, 5) is 34.0. The van der Waals surface area contributed by atoms with Gasteiger partial charge in [-0.05, 0) is 19.4 Å². The summed E-state index contributed by atoms with van der Waals surface area (Å²) in [5.41, 5.74) is 1.64. The maximum Gasteiger partial charge on any atom is 0.352 e. The maximum atomic E-state index is 12.2. The van der Waals surface area contributed by atoms with Crippen molar-refractivity contribution in [3.05, 3.63) is 81.0 Å². The van der Waals surface area contributed by atoms with E-state index in [0.29, 0.717) is 11.1 Å². The van der Waals surface area contributed by atoms with Crippen molar-refractivity contribution in [2.45, 2.75) is 13.8 Å². The second-order valence-corrected chi connectivity index (χ2v) is 5.47. The van der Waals surface area contributed by atoms with Crippen molar-refractivity contribution < 1.29 is 19.6 Å². The van der Waals surface area contributed by atoms with Gasteiger partial charge >= 0.3 is 5.97 Å². The number of rotatable bonds is 6. The molecule has 0 fully saturated rings. The van der Waals surface area contributed by atoms with Crippen molar-refractivity contribution in [2.75, 3.05) is 5.32 Å². The molecule has 2 aromatic carbocycles. The zero-order valence-corrected chi connectivity index (χ0v) is 13.6. The van der Waals surface area contributed by atoms with Crippen molar-refractivity contribution in [3.63, 3.8) is 0 Å². The number of carboxylic acid groups (broad SMARTS) is 1. The number of carboxylic acids is 1. The van der Waals surface area contributed by atoms with Gasteiger partial charge in [0.05, 0.1) is 4.92 Å². The van der Waals surface area contributed by atoms with E-state index in [1.165, 1.54) is 18.2 Å². The number of aliphatic carboxylic acids is 1. The number of ketones is 1. The van der Waals surface area contributed by atoms with Crippen LogP contribution < -0.4 is 5.32 Å². The van der Waals surface area contributed by atoms with Crippen LogP contribution in [0.15, 0.2) is 54.2 Å². The predicted molar refractivity (Wildman–Crippen MR) is 92.7 cm³/mol. The second kappa shape index (κ2) is 7.39. The standard InChI is InChI=1S/C18H16N2O5/c1-11-3-6-13(7-4-11)17(21)10-16(18(22)23)19-15-9-14(20(24)25)8-5-12(15)2/h3-10,19H,1-2H3,(H,22,23). The number of aryl methyl sites for hydroxylation is 2. The fourth-order valence-electron chi connectivity index (χ4n) is 2.09. The molecule has 0 aromatic heterocycles. The number of anilines is 1. The molecule has 7 nitrogen and oxygen atoms in total. The van der Waals surface area contributed by atoms with E-state index in [1.54, 1.807) is 31.2 Å². The summed E-state index contributed by atoms with van der Waals surface area (Å²) in [6.07, 6.45) is 0.964. The molecule has 0 atom stereocenters. The van der Waals surface area contributed by atoms with Gasteiger partial charge in [0, 0.05) is 29.5 Å². The SMILES string of the molecule is Cc1ccc(C(=O)C=C(Nc2cc([N+](=O)[O-])ccc2C)C(=O)O)cc1. The molecule has 0 saturated heterocycles. The molecule has 7 heteroatoms. The number of nitro benzene ring substituents is 1. The first-order valence-corrected chi connectivity index (χ1v) is 7.36. The lowest BCUT2D eigenvalue weighted by atomic mass is 10.1. The van der Waals surface area contributed by atoms with Gasteiger partial charge < -0.3 is 10.4 Å². The lowest BCUT2D eigenvalue weighted by Gasteiger charge is -2.10. The molecule has 2 rings (SSSR count). The largest absolute Gasteiger partial charge is 0.477 e. The van der Waals surface area contributed by atoms with Crippen LogP contribution in [-0.4, -0.2) is 21.8 Å². The van der Waals surface area contributed by atoms with Crippen LogP contribution in [0.1, 0.15) is 21.5 Å². The van der Waals surface area contributed by atoms with Gasteiger partial charge in [0.25, 0.3) is 5.69 Å². The Kier molecular flexibility index (Phi) is 5.28. The van der Waals surface area contributed by atoms with Crippen molar-refractivity contribution >= 4 is 23.1 Å². The first-order valence-electron chi connectivity index (χ1n) is 7.36. The Morgan fingerprint density at radius 3 is 2.32 bits per heavy atom. The minimum atomic E-state index is -1.34. The normalized spacial score (nSPS) is 11.0. The number of non-ortho nitro benzene ring substituents is 1. The van der Waals surface area contributed by atoms with E-state index in [2.05, 4.69) is 5.32 Å². The summed E-state index contributed by atoms with van der Waals surface area (Å²) in [5.74, 6) is -1.82. The zero-order valence-electron chi connectivity index (χ0n) is 13.6. The molecule has 128 valence electrons. The molecule has 0 saturated carbocycles. The summed E-state index contributed by atoms with van der Waals surface area (Å²) >= 11 is 0. The Labute approximate surface area is 143 Å². The van der Waals surface area contributed by atoms with Gasteiger partial charge in [-0.1, -0.05) is 35.9 Å². The molecular weight excluding hydrogens is 324 g/mol. The predicted octanol–water partition coefficient (Wildman–Crippen LogP) is 3.47. The average Bonchev–Trinajstić information content (AvgIpc) is 2.56. The van der Waals surface area contributed by atoms with Gasteiger partial charge in [-0.2, -0.15) is 0 Å². The minimum absolute atomic E-state index is 0.178. The Morgan fingerprint density at radius 2 is 1.76 bits per heavy atom. The molecule has 0 heterocycles. The van der Waals surface area contributed by atoms with E-state index in [1.807, 2.05) is 6.92 Å². The van der Waals surface area contributed by atoms with E-state index in [-0.39, 0.29) is 17.1 Å². The lowest BCUT2D eigenvalue weighted by molar-refractivity contribution is -0.384. The molecule has 0 amide bonds. The fourth-order valence-corrected chi connectivity index (χ4v) is 2.09. The summed E-state index contributed by atoms with van der Waals surface area (Å²) in [6.45, 7) is 3.55. The number of nitrogens with one attached hydrogen (secondary N) is 1. The van der Waals surface area contributed by atoms with Crippen LogP contribution in [0.5, 0.6) is 0 Å². The van der Waals surface area contributed by atoms with Gasteiger partial charge in [0.1, 0.15) is 5.70 Å². The Morgan fingerprint density at radius 1 is 1.12 bits per heavy atom. The van der Waals surface area contributed by atoms with E-state index in [0.717, 1.165) is 11.6 Å². The highest BCUT2D eigenvalue weighted by molar-refractivity contribution is 6.09. The number of allylic oxidation sites excluding steroid dienone is 1. The van der Waals surface area contributed by atoms with Gasteiger partial charge in [-0.25, -0.2) is 4.79 Å². The third-order valence-electron chi connectivity index (χ3n) is 3.54. The molecule has 0 bridgehead atoms. The smallest absolute Gasteiger partial charge is 0.352 e. The summed E-state index contributed by atoms with van der Waals surface area (Å²) in [7, 11) is 0. The Balaban J connectivity index is 2.34. The zero-order chi connectivity index (χ0) is 18.6. The third kappa shape index (κ3) is 4.51. The molecule has 0 radical (unpaired) electrons. The minimum Gasteiger partial charge on any atom is -0.477 e. The monoisotopic (exact) mass is 340 g/mol. The van der Waals surface area contributed by atoms with E-state index in [4.69, 9.17) is 0 Å². The van der Waals surface area contributed by atoms with E-state index >= 15 is 0 Å². The summed E-state index contributed by atoms with van der Waals surface area (Å²) < 4.78 is 0. The topological polar surface area (TPSA) is 110 Å². The molecule has 0 aliphatic rings. The number of hydrogen-bond acceptors (Lipinski definition) is 5. The molecule has 0 aliphatic carbocycles. The van der Waals surface area contributed by atoms with Gasteiger partial charge in [0.15, 0.2) is 5.78 Å². The summed E-state index contributed by atoms with van der Waals surface area (Å²) in [6, 6.07) is 10.8. The van der Waals surface area contributed by atoms with Crippen LogP contribution in [0.3, 0.4) is 0 Å². The van der Waals surface area contributed by atoms with Crippen LogP contribution in [0.4, 0.5) is 11.4 Å². The van der Waals surface area contributed by atoms with Crippen LogP contribution in [0, 0.1) is 24.0 Å². The van der Waals surface area contributed by atoms with Crippen LogP contribution >= 0.6 is 0 Å². The fraction of sp³-hybridized carbons (Fsp3) is 0.111. The average molecular weight is 340 g/mol. The molecule has 25 heavy (non-hydrogen) atoms. The molecule has 0 unspecified atom stereocenters. The van der Waals surface area contributed by atoms with Gasteiger partial charge in [-0.15, -0.1) is 0 Å². The molecule has 2 aromatic rings. The second-order valence-electron chi connectivity index (χ2n) is 5.47.